The molecule has 38 heavy (non-hydrogen) atoms. The van der Waals surface area contributed by atoms with Crippen LogP contribution in [0, 0.1) is 11.8 Å². The number of imidazole rings is 1. The van der Waals surface area contributed by atoms with E-state index in [0.29, 0.717) is 17.5 Å². The lowest BCUT2D eigenvalue weighted by Gasteiger charge is -2.37. The smallest absolute Gasteiger partial charge is 0.157 e. The highest BCUT2D eigenvalue weighted by Gasteiger charge is 2.27. The van der Waals surface area contributed by atoms with Crippen molar-refractivity contribution >= 4 is 33.8 Å². The highest BCUT2D eigenvalue weighted by atomic mass is 19.1. The quantitative estimate of drug-likeness (QED) is 0.315. The summed E-state index contributed by atoms with van der Waals surface area (Å²) in [5, 5.41) is 1.01. The van der Waals surface area contributed by atoms with Gasteiger partial charge in [-0.25, -0.2) is 14.4 Å². The van der Waals surface area contributed by atoms with Gasteiger partial charge >= 0.3 is 0 Å². The zero-order chi connectivity index (χ0) is 26.7. The van der Waals surface area contributed by atoms with Gasteiger partial charge in [0.1, 0.15) is 11.8 Å². The van der Waals surface area contributed by atoms with E-state index in [-0.39, 0.29) is 6.04 Å². The van der Waals surface area contributed by atoms with Crippen LogP contribution in [0.3, 0.4) is 0 Å². The number of halogens is 1. The van der Waals surface area contributed by atoms with E-state index >= 15 is 0 Å². The van der Waals surface area contributed by atoms with Gasteiger partial charge in [0.2, 0.25) is 0 Å². The van der Waals surface area contributed by atoms with Gasteiger partial charge in [-0.05, 0) is 68.4 Å². The summed E-state index contributed by atoms with van der Waals surface area (Å²) in [6.45, 7) is 15.0. The van der Waals surface area contributed by atoms with Crippen molar-refractivity contribution in [3.63, 3.8) is 0 Å². The summed E-state index contributed by atoms with van der Waals surface area (Å²) in [5.74, 6) is 2.03. The van der Waals surface area contributed by atoms with E-state index in [4.69, 9.17) is 15.7 Å². The molecule has 2 fully saturated rings. The minimum atomic E-state index is -1.11. The largest absolute Gasteiger partial charge is 0.370 e. The van der Waals surface area contributed by atoms with Gasteiger partial charge in [0.25, 0.3) is 0 Å². The summed E-state index contributed by atoms with van der Waals surface area (Å²) in [7, 11) is 2.05. The average Bonchev–Trinajstić information content (AvgIpc) is 3.56. The first kappa shape index (κ1) is 24.9. The Morgan fingerprint density at radius 2 is 2.00 bits per heavy atom. The third kappa shape index (κ3) is 4.33. The van der Waals surface area contributed by atoms with Crippen LogP contribution < -0.4 is 5.73 Å². The van der Waals surface area contributed by atoms with E-state index in [1.54, 1.807) is 6.07 Å². The van der Waals surface area contributed by atoms with Crippen molar-refractivity contribution in [3.05, 3.63) is 60.3 Å². The number of benzene rings is 1. The standard InChI is InChI=1S/C31H37FN6/c1-6-22-12-24(20(4)37-15-18(2)11-25(33)17-37)13-27-29(22)36(5)31(35-27)28-14-23-9-10-26(19(3)32)34-30(23)38(28)16-21-7-8-21/h6,9-10,12-14,18-19,21,25H,1,4,7-8,11,15-17,33H2,2-3,5H3/t18-,19?,25?/m1/s1. The Labute approximate surface area is 223 Å². The van der Waals surface area contributed by atoms with Crippen LogP contribution in [0.2, 0.25) is 0 Å². The van der Waals surface area contributed by atoms with Gasteiger partial charge < -0.3 is 19.8 Å². The van der Waals surface area contributed by atoms with E-state index in [1.165, 1.54) is 19.8 Å². The Balaban J connectivity index is 1.48. The van der Waals surface area contributed by atoms with Crippen LogP contribution in [0.1, 0.15) is 56.1 Å². The van der Waals surface area contributed by atoms with Crippen molar-refractivity contribution in [1.29, 1.82) is 0 Å². The van der Waals surface area contributed by atoms with Crippen molar-refractivity contribution in [1.82, 2.24) is 24.0 Å². The molecule has 1 saturated heterocycles. The molecule has 4 aromatic rings. The zero-order valence-electron chi connectivity index (χ0n) is 22.6. The fourth-order valence-electron chi connectivity index (χ4n) is 6.03. The number of fused-ring (bicyclic) bond motifs is 2. The van der Waals surface area contributed by atoms with Crippen molar-refractivity contribution in [3.8, 4) is 11.5 Å². The summed E-state index contributed by atoms with van der Waals surface area (Å²) in [4.78, 5) is 12.2. The molecule has 3 atom stereocenters. The molecule has 0 spiro atoms. The normalized spacial score (nSPS) is 20.8. The number of nitrogens with zero attached hydrogens (tertiary/aromatic N) is 5. The Bertz CT molecular complexity index is 1550. The van der Waals surface area contributed by atoms with Crippen molar-refractivity contribution in [2.75, 3.05) is 13.1 Å². The Kier molecular flexibility index (Phi) is 6.14. The SMILES string of the molecule is C=Cc1cc(C(=C)N2CC(N)C[C@@H](C)C2)cc2nc(-c3cc4ccc(C(C)F)nc4n3CC3CC3)n(C)c12. The third-order valence-corrected chi connectivity index (χ3v) is 8.17. The average molecular weight is 513 g/mol. The van der Waals surface area contributed by atoms with Crippen molar-refractivity contribution < 1.29 is 4.39 Å². The van der Waals surface area contributed by atoms with Gasteiger partial charge in [-0.2, -0.15) is 0 Å². The lowest BCUT2D eigenvalue weighted by Crippen LogP contribution is -2.45. The summed E-state index contributed by atoms with van der Waals surface area (Å²) in [6, 6.07) is 10.3. The number of hydrogen-bond donors (Lipinski definition) is 1. The fraction of sp³-hybridized carbons (Fsp3) is 0.419. The Morgan fingerprint density at radius 1 is 1.21 bits per heavy atom. The van der Waals surface area contributed by atoms with Gasteiger partial charge in [0, 0.05) is 54.9 Å². The molecule has 0 radical (unpaired) electrons. The number of piperidine rings is 1. The zero-order valence-corrected chi connectivity index (χ0v) is 22.6. The van der Waals surface area contributed by atoms with Crippen LogP contribution in [-0.4, -0.2) is 43.1 Å². The van der Waals surface area contributed by atoms with E-state index < -0.39 is 6.17 Å². The van der Waals surface area contributed by atoms with Gasteiger partial charge in [-0.3, -0.25) is 0 Å². The first-order valence-corrected chi connectivity index (χ1v) is 13.7. The van der Waals surface area contributed by atoms with E-state index in [1.807, 2.05) is 12.1 Å². The molecule has 7 heteroatoms. The van der Waals surface area contributed by atoms with Crippen molar-refractivity contribution in [2.45, 2.75) is 51.9 Å². The minimum Gasteiger partial charge on any atom is -0.370 e. The fourth-order valence-corrected chi connectivity index (χ4v) is 6.03. The van der Waals surface area contributed by atoms with Crippen LogP contribution in [0.15, 0.2) is 43.5 Å². The number of alkyl halides is 1. The number of hydrogen-bond acceptors (Lipinski definition) is 4. The molecule has 2 N–H and O–H groups in total. The number of rotatable bonds is 7. The van der Waals surface area contributed by atoms with E-state index in [0.717, 1.165) is 76.5 Å². The number of likely N-dealkylation sites (tertiary alicyclic amines) is 1. The highest BCUT2D eigenvalue weighted by Crippen LogP contribution is 2.37. The van der Waals surface area contributed by atoms with E-state index in [2.05, 4.69) is 59.4 Å². The molecule has 4 heterocycles. The molecule has 0 bridgehead atoms. The first-order valence-electron chi connectivity index (χ1n) is 13.7. The maximum atomic E-state index is 14.2. The van der Waals surface area contributed by atoms with Crippen LogP contribution in [-0.2, 0) is 13.6 Å². The van der Waals surface area contributed by atoms with Gasteiger partial charge in [-0.1, -0.05) is 26.2 Å². The molecule has 6 nitrogen and oxygen atoms in total. The molecular formula is C31H37FN6. The maximum Gasteiger partial charge on any atom is 0.157 e. The molecule has 1 aromatic carbocycles. The second-order valence-electron chi connectivity index (χ2n) is 11.4. The van der Waals surface area contributed by atoms with Gasteiger partial charge in [-0.15, -0.1) is 0 Å². The summed E-state index contributed by atoms with van der Waals surface area (Å²) in [5.41, 5.74) is 13.6. The third-order valence-electron chi connectivity index (χ3n) is 8.17. The molecule has 3 aromatic heterocycles. The Hall–Kier alpha value is -3.45. The van der Waals surface area contributed by atoms with Crippen LogP contribution in [0.25, 0.3) is 45.4 Å². The summed E-state index contributed by atoms with van der Waals surface area (Å²) in [6.07, 6.45) is 4.25. The molecule has 1 saturated carbocycles. The highest BCUT2D eigenvalue weighted by molar-refractivity contribution is 5.92. The lowest BCUT2D eigenvalue weighted by atomic mass is 9.95. The van der Waals surface area contributed by atoms with Gasteiger partial charge in [0.15, 0.2) is 5.82 Å². The predicted octanol–water partition coefficient (Wildman–Crippen LogP) is 6.31. The molecule has 0 amide bonds. The topological polar surface area (TPSA) is 64.9 Å². The van der Waals surface area contributed by atoms with Crippen LogP contribution in [0.5, 0.6) is 0 Å². The van der Waals surface area contributed by atoms with Crippen molar-refractivity contribution in [2.24, 2.45) is 24.6 Å². The summed E-state index contributed by atoms with van der Waals surface area (Å²) < 4.78 is 18.5. The second-order valence-corrected chi connectivity index (χ2v) is 11.4. The van der Waals surface area contributed by atoms with E-state index in [9.17, 15) is 4.39 Å². The van der Waals surface area contributed by atoms with Crippen LogP contribution >= 0.6 is 0 Å². The molecule has 2 aliphatic rings. The summed E-state index contributed by atoms with van der Waals surface area (Å²) >= 11 is 0. The Morgan fingerprint density at radius 3 is 2.68 bits per heavy atom. The molecule has 1 aliphatic carbocycles. The number of aromatic nitrogens is 4. The molecule has 6 rings (SSSR count). The van der Waals surface area contributed by atoms with Crippen LogP contribution in [0.4, 0.5) is 4.39 Å². The molecule has 2 unspecified atom stereocenters. The number of nitrogens with two attached hydrogens (primary N) is 1. The maximum absolute atomic E-state index is 14.2. The first-order chi connectivity index (χ1) is 18.2. The minimum absolute atomic E-state index is 0.155. The lowest BCUT2D eigenvalue weighted by molar-refractivity contribution is 0.235. The second kappa shape index (κ2) is 9.38. The van der Waals surface area contributed by atoms with Gasteiger partial charge in [0.05, 0.1) is 22.4 Å². The monoisotopic (exact) mass is 512 g/mol. The molecular weight excluding hydrogens is 475 g/mol. The number of aryl methyl sites for hydroxylation is 1. The molecule has 1 aliphatic heterocycles. The number of pyridine rings is 1. The predicted molar refractivity (Wildman–Crippen MR) is 154 cm³/mol. The molecule has 198 valence electrons.